The van der Waals surface area contributed by atoms with E-state index >= 15 is 0 Å². The van der Waals surface area contributed by atoms with Crippen molar-refractivity contribution in [1.82, 2.24) is 4.98 Å². The highest BCUT2D eigenvalue weighted by molar-refractivity contribution is 6.21. The molecule has 0 unspecified atom stereocenters. The minimum absolute atomic E-state index is 0.142. The first-order chi connectivity index (χ1) is 9.31. The molecule has 2 amide bonds. The van der Waals surface area contributed by atoms with Crippen LogP contribution in [0.1, 0.15) is 25.8 Å². The molecular weight excluding hydrogens is 260 g/mol. The number of aromatic nitrogens is 1. The van der Waals surface area contributed by atoms with Crippen LogP contribution in [0.3, 0.4) is 0 Å². The zero-order valence-electron chi connectivity index (χ0n) is 11.2. The summed E-state index contributed by atoms with van der Waals surface area (Å²) in [5.74, 6) is -1.45. The number of hydrogen-bond acceptors (Lipinski definition) is 4. The van der Waals surface area contributed by atoms with Gasteiger partial charge in [0.2, 0.25) is 11.8 Å². The second kappa shape index (κ2) is 4.88. The molecule has 6 nitrogen and oxygen atoms in total. The number of carbonyl (C=O) groups is 3. The van der Waals surface area contributed by atoms with Gasteiger partial charge in [-0.2, -0.15) is 0 Å². The van der Waals surface area contributed by atoms with E-state index in [9.17, 15) is 14.4 Å². The summed E-state index contributed by atoms with van der Waals surface area (Å²) in [5, 5.41) is 8.59. The molecule has 0 aromatic carbocycles. The van der Waals surface area contributed by atoms with E-state index in [1.165, 1.54) is 18.3 Å². The van der Waals surface area contributed by atoms with Crippen molar-refractivity contribution in [3.05, 3.63) is 30.0 Å². The van der Waals surface area contributed by atoms with Gasteiger partial charge in [0.15, 0.2) is 0 Å². The summed E-state index contributed by atoms with van der Waals surface area (Å²) in [6, 6.07) is 3.11. The van der Waals surface area contributed by atoms with Crippen LogP contribution in [0.25, 0.3) is 6.08 Å². The van der Waals surface area contributed by atoms with Crippen LogP contribution in [-0.4, -0.2) is 27.9 Å². The van der Waals surface area contributed by atoms with E-state index in [-0.39, 0.29) is 24.1 Å². The van der Waals surface area contributed by atoms with Crippen molar-refractivity contribution in [3.8, 4) is 0 Å². The number of imide groups is 1. The van der Waals surface area contributed by atoms with Crippen LogP contribution >= 0.6 is 0 Å². The first kappa shape index (κ1) is 13.9. The molecule has 1 saturated heterocycles. The molecule has 0 aliphatic carbocycles. The number of aliphatic carboxylic acids is 1. The molecule has 0 saturated carbocycles. The highest BCUT2D eigenvalue weighted by atomic mass is 16.4. The van der Waals surface area contributed by atoms with E-state index in [0.29, 0.717) is 5.56 Å². The van der Waals surface area contributed by atoms with Gasteiger partial charge in [-0.25, -0.2) is 14.7 Å². The maximum absolute atomic E-state index is 12.2. The molecule has 1 N–H and O–H groups in total. The summed E-state index contributed by atoms with van der Waals surface area (Å²) >= 11 is 0. The Morgan fingerprint density at radius 1 is 1.45 bits per heavy atom. The lowest BCUT2D eigenvalue weighted by Gasteiger charge is -2.17. The van der Waals surface area contributed by atoms with Crippen molar-refractivity contribution in [2.24, 2.45) is 5.41 Å². The van der Waals surface area contributed by atoms with Crippen LogP contribution in [0.5, 0.6) is 0 Å². The van der Waals surface area contributed by atoms with Crippen LogP contribution in [0.4, 0.5) is 5.82 Å². The van der Waals surface area contributed by atoms with Gasteiger partial charge in [-0.1, -0.05) is 13.8 Å². The summed E-state index contributed by atoms with van der Waals surface area (Å²) in [7, 11) is 0. The molecule has 104 valence electrons. The molecule has 1 aliphatic heterocycles. The van der Waals surface area contributed by atoms with Crippen molar-refractivity contribution >= 4 is 29.7 Å². The number of anilines is 1. The highest BCUT2D eigenvalue weighted by Gasteiger charge is 2.46. The Morgan fingerprint density at radius 3 is 2.70 bits per heavy atom. The number of carboxylic acids is 1. The largest absolute Gasteiger partial charge is 0.478 e. The van der Waals surface area contributed by atoms with Crippen molar-refractivity contribution in [3.63, 3.8) is 0 Å². The number of amides is 2. The third-order valence-electron chi connectivity index (χ3n) is 3.04. The van der Waals surface area contributed by atoms with Gasteiger partial charge in [0.05, 0.1) is 5.41 Å². The van der Waals surface area contributed by atoms with E-state index in [0.717, 1.165) is 11.0 Å². The van der Waals surface area contributed by atoms with E-state index < -0.39 is 11.4 Å². The Kier molecular flexibility index (Phi) is 3.40. The first-order valence-corrected chi connectivity index (χ1v) is 6.06. The van der Waals surface area contributed by atoms with E-state index in [2.05, 4.69) is 4.98 Å². The Hall–Kier alpha value is -2.50. The molecule has 0 atom stereocenters. The number of pyridine rings is 1. The van der Waals surface area contributed by atoms with Crippen LogP contribution in [0.2, 0.25) is 0 Å². The monoisotopic (exact) mass is 274 g/mol. The fourth-order valence-corrected chi connectivity index (χ4v) is 2.01. The van der Waals surface area contributed by atoms with Crippen LogP contribution in [0.15, 0.2) is 24.4 Å². The minimum Gasteiger partial charge on any atom is -0.478 e. The summed E-state index contributed by atoms with van der Waals surface area (Å²) in [6.45, 7) is 3.42. The molecule has 0 radical (unpaired) electrons. The molecule has 6 heteroatoms. The summed E-state index contributed by atoms with van der Waals surface area (Å²) in [4.78, 5) is 39.7. The standard InChI is InChI=1S/C14H14N2O4/c1-14(2)8-11(17)16(13(14)20)10-7-9(5-6-15-10)3-4-12(18)19/h3-7H,8H2,1-2H3,(H,18,19)/b4-3+. The summed E-state index contributed by atoms with van der Waals surface area (Å²) < 4.78 is 0. The molecule has 2 heterocycles. The van der Waals surface area contributed by atoms with Gasteiger partial charge in [0.25, 0.3) is 0 Å². The maximum atomic E-state index is 12.2. The maximum Gasteiger partial charge on any atom is 0.328 e. The molecular formula is C14H14N2O4. The Bertz CT molecular complexity index is 619. The van der Waals surface area contributed by atoms with Gasteiger partial charge in [-0.3, -0.25) is 9.59 Å². The van der Waals surface area contributed by atoms with E-state index in [4.69, 9.17) is 5.11 Å². The van der Waals surface area contributed by atoms with Gasteiger partial charge in [-0.05, 0) is 23.8 Å². The zero-order chi connectivity index (χ0) is 14.9. The summed E-state index contributed by atoms with van der Waals surface area (Å²) in [6.07, 6.45) is 3.94. The number of carbonyl (C=O) groups excluding carboxylic acids is 2. The van der Waals surface area contributed by atoms with Gasteiger partial charge in [0, 0.05) is 18.7 Å². The quantitative estimate of drug-likeness (QED) is 0.666. The fraction of sp³-hybridized carbons (Fsp3) is 0.286. The molecule has 0 bridgehead atoms. The highest BCUT2D eigenvalue weighted by Crippen LogP contribution is 2.34. The van der Waals surface area contributed by atoms with Gasteiger partial charge in [0.1, 0.15) is 5.82 Å². The molecule has 1 aromatic rings. The predicted octanol–water partition coefficient (Wildman–Crippen LogP) is 1.47. The average molecular weight is 274 g/mol. The van der Waals surface area contributed by atoms with Crippen molar-refractivity contribution in [2.45, 2.75) is 20.3 Å². The third kappa shape index (κ3) is 2.59. The Balaban J connectivity index is 2.35. The van der Waals surface area contributed by atoms with E-state index in [1.807, 2.05) is 0 Å². The normalized spacial score (nSPS) is 18.0. The topological polar surface area (TPSA) is 87.6 Å². The van der Waals surface area contributed by atoms with Crippen LogP contribution in [-0.2, 0) is 14.4 Å². The predicted molar refractivity (Wildman–Crippen MR) is 71.8 cm³/mol. The molecule has 0 spiro atoms. The van der Waals surface area contributed by atoms with E-state index in [1.54, 1.807) is 19.9 Å². The van der Waals surface area contributed by atoms with Gasteiger partial charge in [-0.15, -0.1) is 0 Å². The second-order valence-corrected chi connectivity index (χ2v) is 5.21. The number of carboxylic acid groups (broad SMARTS) is 1. The molecule has 1 aliphatic rings. The lowest BCUT2D eigenvalue weighted by molar-refractivity contribution is -0.131. The molecule has 2 rings (SSSR count). The first-order valence-electron chi connectivity index (χ1n) is 6.06. The third-order valence-corrected chi connectivity index (χ3v) is 3.04. The van der Waals surface area contributed by atoms with Gasteiger partial charge >= 0.3 is 5.97 Å². The van der Waals surface area contributed by atoms with Crippen LogP contribution < -0.4 is 4.90 Å². The summed E-state index contributed by atoms with van der Waals surface area (Å²) in [5.41, 5.74) is -0.172. The van der Waals surface area contributed by atoms with Crippen molar-refractivity contribution in [1.29, 1.82) is 0 Å². The zero-order valence-corrected chi connectivity index (χ0v) is 11.2. The lowest BCUT2D eigenvalue weighted by Crippen LogP contribution is -2.33. The molecule has 1 aromatic heterocycles. The second-order valence-electron chi connectivity index (χ2n) is 5.21. The van der Waals surface area contributed by atoms with Gasteiger partial charge < -0.3 is 5.11 Å². The van der Waals surface area contributed by atoms with Crippen molar-refractivity contribution < 1.29 is 19.5 Å². The number of nitrogens with zero attached hydrogens (tertiary/aromatic N) is 2. The smallest absolute Gasteiger partial charge is 0.328 e. The van der Waals surface area contributed by atoms with Crippen LogP contribution in [0, 0.1) is 5.41 Å². The average Bonchev–Trinajstić information content (AvgIpc) is 2.56. The number of hydrogen-bond donors (Lipinski definition) is 1. The minimum atomic E-state index is -1.07. The lowest BCUT2D eigenvalue weighted by atomic mass is 9.92. The molecule has 20 heavy (non-hydrogen) atoms. The Labute approximate surface area is 115 Å². The number of rotatable bonds is 3. The van der Waals surface area contributed by atoms with Crippen molar-refractivity contribution in [2.75, 3.05) is 4.90 Å². The SMILES string of the molecule is CC1(C)CC(=O)N(c2cc(/C=C/C(=O)O)ccn2)C1=O. The fourth-order valence-electron chi connectivity index (χ4n) is 2.01. The molecule has 1 fully saturated rings. The Morgan fingerprint density at radius 2 is 2.15 bits per heavy atom.